The van der Waals surface area contributed by atoms with Gasteiger partial charge < -0.3 is 14.2 Å². The summed E-state index contributed by atoms with van der Waals surface area (Å²) in [6, 6.07) is 0. The number of carbonyl (C=O) groups is 3. The van der Waals surface area contributed by atoms with Crippen LogP contribution in [0.2, 0.25) is 0 Å². The lowest BCUT2D eigenvalue weighted by Gasteiger charge is -2.18. The van der Waals surface area contributed by atoms with E-state index in [0.717, 1.165) is 128 Å². The Morgan fingerprint density at radius 3 is 0.756 bits per heavy atom. The van der Waals surface area contributed by atoms with Gasteiger partial charge in [-0.05, 0) is 135 Å². The molecule has 0 saturated carbocycles. The lowest BCUT2D eigenvalue weighted by atomic mass is 10.1. The van der Waals surface area contributed by atoms with Gasteiger partial charge in [-0.2, -0.15) is 0 Å². The second-order valence-corrected chi connectivity index (χ2v) is 22.7. The number of rotatable bonds is 62. The molecule has 0 aliphatic carbocycles. The van der Waals surface area contributed by atoms with Crippen LogP contribution in [-0.2, 0) is 28.6 Å². The van der Waals surface area contributed by atoms with E-state index in [0.29, 0.717) is 19.3 Å². The summed E-state index contributed by atoms with van der Waals surface area (Å²) in [5, 5.41) is 0. The van der Waals surface area contributed by atoms with Crippen molar-refractivity contribution in [2.75, 3.05) is 13.2 Å². The first-order valence-corrected chi connectivity index (χ1v) is 34.5. The third-order valence-corrected chi connectivity index (χ3v) is 14.7. The highest BCUT2D eigenvalue weighted by Gasteiger charge is 2.19. The quantitative estimate of drug-likeness (QED) is 0.0261. The van der Waals surface area contributed by atoms with Crippen LogP contribution in [0.4, 0.5) is 0 Å². The normalized spacial score (nSPS) is 12.9. The topological polar surface area (TPSA) is 78.9 Å². The van der Waals surface area contributed by atoms with Crippen molar-refractivity contribution in [2.45, 2.75) is 329 Å². The molecule has 0 aliphatic rings. The zero-order valence-corrected chi connectivity index (χ0v) is 53.7. The second-order valence-electron chi connectivity index (χ2n) is 22.7. The van der Waals surface area contributed by atoms with Gasteiger partial charge in [-0.15, -0.1) is 0 Å². The van der Waals surface area contributed by atoms with E-state index in [-0.39, 0.29) is 31.1 Å². The Kier molecular flexibility index (Phi) is 65.8. The number of ether oxygens (including phenoxy) is 3. The molecule has 0 bridgehead atoms. The van der Waals surface area contributed by atoms with E-state index < -0.39 is 6.10 Å². The summed E-state index contributed by atoms with van der Waals surface area (Å²) >= 11 is 0. The van der Waals surface area contributed by atoms with Gasteiger partial charge in [0.2, 0.25) is 0 Å². The molecule has 0 spiro atoms. The number of allylic oxidation sites excluding steroid dienone is 20. The van der Waals surface area contributed by atoms with E-state index in [9.17, 15) is 14.4 Å². The molecule has 82 heavy (non-hydrogen) atoms. The van der Waals surface area contributed by atoms with Crippen molar-refractivity contribution < 1.29 is 28.6 Å². The average Bonchev–Trinajstić information content (AvgIpc) is 3.47. The minimum absolute atomic E-state index is 0.0894. The monoisotopic (exact) mass is 1140 g/mol. The molecule has 0 aromatic rings. The Balaban J connectivity index is 4.35. The van der Waals surface area contributed by atoms with Gasteiger partial charge in [0.1, 0.15) is 13.2 Å². The van der Waals surface area contributed by atoms with Crippen LogP contribution in [0, 0.1) is 0 Å². The standard InChI is InChI=1S/C76H128O6/c1-4-7-10-13-16-19-22-25-28-30-32-34-35-36-37-38-39-40-41-43-44-46-48-51-54-57-60-63-66-69-75(78)81-72-73(71-80-74(77)68-65-62-59-56-53-50-27-24-21-18-15-12-9-6-3)82-76(79)70-67-64-61-58-55-52-49-47-45-42-33-31-29-26-23-20-17-14-11-8-5-2/h7,10,16,19,23-28,31-34,36-37,39-40,45,47,73H,4-6,8-9,11-15,17-18,20-22,29-30,35,38,41-44,46,48-72H2,1-3H3/b10-7-,19-16-,26-23-,27-24-,28-25-,33-31-,34-32-,37-36-,40-39-,47-45-. The first kappa shape index (κ1) is 77.8. The highest BCUT2D eigenvalue weighted by molar-refractivity contribution is 5.71. The van der Waals surface area contributed by atoms with Gasteiger partial charge in [0.25, 0.3) is 0 Å². The number of esters is 3. The lowest BCUT2D eigenvalue weighted by molar-refractivity contribution is -0.167. The third-order valence-electron chi connectivity index (χ3n) is 14.7. The third kappa shape index (κ3) is 66.6. The predicted octanol–water partition coefficient (Wildman–Crippen LogP) is 23.9. The summed E-state index contributed by atoms with van der Waals surface area (Å²) in [4.78, 5) is 38.4. The molecule has 0 N–H and O–H groups in total. The van der Waals surface area contributed by atoms with Gasteiger partial charge >= 0.3 is 17.9 Å². The maximum absolute atomic E-state index is 12.9. The van der Waals surface area contributed by atoms with Crippen LogP contribution in [0.1, 0.15) is 323 Å². The van der Waals surface area contributed by atoms with E-state index in [1.54, 1.807) is 0 Å². The maximum atomic E-state index is 12.9. The van der Waals surface area contributed by atoms with E-state index in [2.05, 4.69) is 142 Å². The van der Waals surface area contributed by atoms with Crippen molar-refractivity contribution in [1.29, 1.82) is 0 Å². The number of unbranched alkanes of at least 4 members (excludes halogenated alkanes) is 31. The molecule has 0 aromatic carbocycles. The largest absolute Gasteiger partial charge is 0.462 e. The van der Waals surface area contributed by atoms with Crippen LogP contribution in [0.15, 0.2) is 122 Å². The summed E-state index contributed by atoms with van der Waals surface area (Å²) < 4.78 is 17.0. The van der Waals surface area contributed by atoms with Gasteiger partial charge in [-0.25, -0.2) is 0 Å². The van der Waals surface area contributed by atoms with Gasteiger partial charge in [0.05, 0.1) is 0 Å². The molecular weight excluding hydrogens is 1010 g/mol. The molecule has 6 nitrogen and oxygen atoms in total. The van der Waals surface area contributed by atoms with Crippen molar-refractivity contribution in [1.82, 2.24) is 0 Å². The molecular formula is C76H128O6. The van der Waals surface area contributed by atoms with Crippen LogP contribution < -0.4 is 0 Å². The molecule has 0 aliphatic heterocycles. The number of hydrogen-bond donors (Lipinski definition) is 0. The van der Waals surface area contributed by atoms with Crippen molar-refractivity contribution in [3.63, 3.8) is 0 Å². The van der Waals surface area contributed by atoms with Crippen molar-refractivity contribution >= 4 is 17.9 Å². The molecule has 0 amide bonds. The molecule has 0 saturated heterocycles. The van der Waals surface area contributed by atoms with E-state index in [1.807, 2.05) is 0 Å². The molecule has 0 heterocycles. The minimum atomic E-state index is -0.795. The fourth-order valence-corrected chi connectivity index (χ4v) is 9.51. The summed E-state index contributed by atoms with van der Waals surface area (Å²) in [7, 11) is 0. The van der Waals surface area contributed by atoms with Gasteiger partial charge in [-0.1, -0.05) is 290 Å². The minimum Gasteiger partial charge on any atom is -0.462 e. The number of carbonyl (C=O) groups excluding carboxylic acids is 3. The Labute approximate surface area is 507 Å². The van der Waals surface area contributed by atoms with Crippen LogP contribution in [0.25, 0.3) is 0 Å². The summed E-state index contributed by atoms with van der Waals surface area (Å²) in [6.07, 6.45) is 96.4. The Morgan fingerprint density at radius 1 is 0.256 bits per heavy atom. The highest BCUT2D eigenvalue weighted by Crippen LogP contribution is 2.16. The smallest absolute Gasteiger partial charge is 0.306 e. The second kappa shape index (κ2) is 69.3. The fourth-order valence-electron chi connectivity index (χ4n) is 9.51. The van der Waals surface area contributed by atoms with Gasteiger partial charge in [0.15, 0.2) is 6.10 Å². The average molecular weight is 1140 g/mol. The summed E-state index contributed by atoms with van der Waals surface area (Å²) in [5.41, 5.74) is 0. The summed E-state index contributed by atoms with van der Waals surface area (Å²) in [5.74, 6) is -0.906. The van der Waals surface area contributed by atoms with Crippen molar-refractivity contribution in [3.05, 3.63) is 122 Å². The predicted molar refractivity (Wildman–Crippen MR) is 357 cm³/mol. The highest BCUT2D eigenvalue weighted by atomic mass is 16.6. The van der Waals surface area contributed by atoms with Crippen LogP contribution >= 0.6 is 0 Å². The van der Waals surface area contributed by atoms with Crippen molar-refractivity contribution in [2.24, 2.45) is 0 Å². The zero-order chi connectivity index (χ0) is 59.2. The first-order chi connectivity index (χ1) is 40.5. The Hall–Kier alpha value is -4.19. The molecule has 0 rings (SSSR count). The molecule has 1 atom stereocenters. The van der Waals surface area contributed by atoms with E-state index >= 15 is 0 Å². The molecule has 0 fully saturated rings. The number of hydrogen-bond acceptors (Lipinski definition) is 6. The molecule has 468 valence electrons. The van der Waals surface area contributed by atoms with Crippen LogP contribution in [0.5, 0.6) is 0 Å². The van der Waals surface area contributed by atoms with E-state index in [1.165, 1.54) is 154 Å². The van der Waals surface area contributed by atoms with Crippen LogP contribution in [-0.4, -0.2) is 37.2 Å². The molecule has 6 heteroatoms. The van der Waals surface area contributed by atoms with Crippen molar-refractivity contribution in [3.8, 4) is 0 Å². The van der Waals surface area contributed by atoms with Crippen LogP contribution in [0.3, 0.4) is 0 Å². The zero-order valence-electron chi connectivity index (χ0n) is 53.7. The van der Waals surface area contributed by atoms with Gasteiger partial charge in [-0.3, -0.25) is 14.4 Å². The van der Waals surface area contributed by atoms with E-state index in [4.69, 9.17) is 14.2 Å². The first-order valence-electron chi connectivity index (χ1n) is 34.5. The Morgan fingerprint density at radius 2 is 0.476 bits per heavy atom. The Bertz CT molecular complexity index is 1690. The lowest BCUT2D eigenvalue weighted by Crippen LogP contribution is -2.30. The fraction of sp³-hybridized carbons (Fsp3) is 0.697. The SMILES string of the molecule is CC/C=C\C/C=C\C/C=C\C/C=C\C/C=C\C/C=C\CCCCCCCCCCCCC(=O)OCC(COC(=O)CCCCCCC/C=C\CCCCCCC)OC(=O)CCCCCCCC/C=C\C/C=C\C/C=C\CCCCCCC. The summed E-state index contributed by atoms with van der Waals surface area (Å²) in [6.45, 7) is 6.51. The maximum Gasteiger partial charge on any atom is 0.306 e. The molecule has 0 radical (unpaired) electrons. The molecule has 0 aromatic heterocycles. The van der Waals surface area contributed by atoms with Gasteiger partial charge in [0, 0.05) is 19.3 Å². The molecule has 1 unspecified atom stereocenters.